The van der Waals surface area contributed by atoms with Crippen LogP contribution in [-0.2, 0) is 16.1 Å². The summed E-state index contributed by atoms with van der Waals surface area (Å²) in [5, 5.41) is 10.6. The van der Waals surface area contributed by atoms with Crippen LogP contribution in [0.2, 0.25) is 0 Å². The molecular formula is C34H51NO5. The zero-order chi connectivity index (χ0) is 28.8. The number of carbonyl (C=O) groups excluding carboxylic acids is 1. The highest BCUT2D eigenvalue weighted by Crippen LogP contribution is 2.45. The first-order valence-electron chi connectivity index (χ1n) is 15.5. The minimum Gasteiger partial charge on any atom is -0.493 e. The molecule has 4 rings (SSSR count). The second kappa shape index (κ2) is 14.0. The van der Waals surface area contributed by atoms with Crippen LogP contribution in [0.4, 0.5) is 0 Å². The number of esters is 1. The topological polar surface area (TPSA) is 68.2 Å². The second-order valence-corrected chi connectivity index (χ2v) is 12.3. The summed E-state index contributed by atoms with van der Waals surface area (Å²) in [6, 6.07) is 6.44. The van der Waals surface area contributed by atoms with E-state index in [2.05, 4.69) is 63.0 Å². The molecule has 1 heterocycles. The molecule has 7 atom stereocenters. The quantitative estimate of drug-likeness (QED) is 0.313. The molecule has 0 bridgehead atoms. The molecule has 222 valence electrons. The van der Waals surface area contributed by atoms with Crippen LogP contribution in [0.15, 0.2) is 42.0 Å². The molecule has 1 fully saturated rings. The molecule has 0 radical (unpaired) electrons. The number of nitrogens with zero attached hydrogens (tertiary/aromatic N) is 1. The van der Waals surface area contributed by atoms with Gasteiger partial charge in [0, 0.05) is 25.0 Å². The minimum atomic E-state index is -0.255. The molecule has 0 aromatic heterocycles. The molecule has 0 spiro atoms. The Hall–Kier alpha value is -2.31. The Kier molecular flexibility index (Phi) is 10.8. The summed E-state index contributed by atoms with van der Waals surface area (Å²) in [6.45, 7) is 10.4. The number of hydrogen-bond donors (Lipinski definition) is 1. The van der Waals surface area contributed by atoms with Gasteiger partial charge in [0.2, 0.25) is 0 Å². The average molecular weight is 554 g/mol. The van der Waals surface area contributed by atoms with Crippen LogP contribution in [-0.4, -0.2) is 55.0 Å². The third-order valence-corrected chi connectivity index (χ3v) is 9.66. The minimum absolute atomic E-state index is 0.0199. The molecule has 3 aliphatic rings. The number of rotatable bonds is 11. The molecule has 0 saturated carbocycles. The summed E-state index contributed by atoms with van der Waals surface area (Å²) in [5.74, 6) is 2.90. The van der Waals surface area contributed by atoms with Crippen LogP contribution in [0.1, 0.15) is 78.2 Å². The highest BCUT2D eigenvalue weighted by Gasteiger charge is 2.42. The third-order valence-electron chi connectivity index (χ3n) is 9.66. The van der Waals surface area contributed by atoms with E-state index in [1.165, 1.54) is 11.1 Å². The molecule has 1 aromatic carbocycles. The van der Waals surface area contributed by atoms with Crippen LogP contribution in [0.5, 0.6) is 11.5 Å². The van der Waals surface area contributed by atoms with Gasteiger partial charge in [-0.25, -0.2) is 0 Å². The van der Waals surface area contributed by atoms with Crippen molar-refractivity contribution in [3.8, 4) is 11.5 Å². The van der Waals surface area contributed by atoms with E-state index in [4.69, 9.17) is 14.2 Å². The lowest BCUT2D eigenvalue weighted by Gasteiger charge is -2.44. The lowest BCUT2D eigenvalue weighted by atomic mass is 9.65. The Balaban J connectivity index is 1.50. The van der Waals surface area contributed by atoms with E-state index in [-0.39, 0.29) is 30.0 Å². The normalized spacial score (nSPS) is 30.5. The first kappa shape index (κ1) is 30.6. The van der Waals surface area contributed by atoms with Gasteiger partial charge in [-0.1, -0.05) is 52.0 Å². The molecule has 1 aromatic rings. The van der Waals surface area contributed by atoms with Crippen LogP contribution < -0.4 is 9.47 Å². The molecule has 6 heteroatoms. The number of aliphatic hydroxyl groups excluding tert-OH is 1. The number of benzene rings is 1. The lowest BCUT2D eigenvalue weighted by Crippen LogP contribution is -2.45. The second-order valence-electron chi connectivity index (χ2n) is 12.3. The van der Waals surface area contributed by atoms with Gasteiger partial charge in [0.15, 0.2) is 11.5 Å². The van der Waals surface area contributed by atoms with E-state index in [9.17, 15) is 9.90 Å². The Labute approximate surface area is 241 Å². The van der Waals surface area contributed by atoms with Crippen LogP contribution in [0.3, 0.4) is 0 Å². The first-order valence-corrected chi connectivity index (χ1v) is 15.5. The summed E-state index contributed by atoms with van der Waals surface area (Å²) >= 11 is 0. The predicted molar refractivity (Wildman–Crippen MR) is 159 cm³/mol. The van der Waals surface area contributed by atoms with Crippen molar-refractivity contribution in [1.82, 2.24) is 4.90 Å². The monoisotopic (exact) mass is 553 g/mol. The Morgan fingerprint density at radius 2 is 1.82 bits per heavy atom. The standard InChI is InChI=1S/C34H51NO5/c1-7-25(8-2)34(37)40-32-18-22(3)17-26-11-9-23(4)29(33(26)32)13-12-27-20-28(36)15-16-35(27)21-24-10-14-30(38-5)31(19-24)39-6/h9-11,14,17,19,22-23,25,27-29,32-33,36H,7-8,12-13,15-16,18,20-21H2,1-6H3/t22-,23-,27-,28-,29-,32-,33?/m0/s1. The summed E-state index contributed by atoms with van der Waals surface area (Å²) in [6.07, 6.45) is 12.9. The van der Waals surface area contributed by atoms with E-state index < -0.39 is 0 Å². The highest BCUT2D eigenvalue weighted by molar-refractivity contribution is 5.72. The number of carbonyl (C=O) groups is 1. The first-order chi connectivity index (χ1) is 19.3. The fraction of sp³-hybridized carbons (Fsp3) is 0.676. The van der Waals surface area contributed by atoms with Gasteiger partial charge in [-0.2, -0.15) is 0 Å². The fourth-order valence-corrected chi connectivity index (χ4v) is 7.27. The maximum Gasteiger partial charge on any atom is 0.309 e. The van der Waals surface area contributed by atoms with E-state index in [1.807, 2.05) is 6.07 Å². The Morgan fingerprint density at radius 1 is 1.07 bits per heavy atom. The Bertz CT molecular complexity index is 1050. The number of methoxy groups -OCH3 is 2. The molecule has 0 amide bonds. The lowest BCUT2D eigenvalue weighted by molar-refractivity contribution is -0.159. The highest BCUT2D eigenvalue weighted by atomic mass is 16.5. The molecule has 1 N–H and O–H groups in total. The maximum atomic E-state index is 13.1. The maximum absolute atomic E-state index is 13.1. The number of fused-ring (bicyclic) bond motifs is 1. The van der Waals surface area contributed by atoms with Gasteiger partial charge >= 0.3 is 5.97 Å². The van der Waals surface area contributed by atoms with E-state index in [0.717, 1.165) is 69.5 Å². The Morgan fingerprint density at radius 3 is 2.52 bits per heavy atom. The molecule has 40 heavy (non-hydrogen) atoms. The average Bonchev–Trinajstić information content (AvgIpc) is 2.94. The summed E-state index contributed by atoms with van der Waals surface area (Å²) in [7, 11) is 3.33. The van der Waals surface area contributed by atoms with Crippen molar-refractivity contribution in [2.24, 2.45) is 29.6 Å². The zero-order valence-electron chi connectivity index (χ0n) is 25.5. The summed E-state index contributed by atoms with van der Waals surface area (Å²) in [4.78, 5) is 15.6. The van der Waals surface area contributed by atoms with Gasteiger partial charge in [0.25, 0.3) is 0 Å². The number of aliphatic hydroxyl groups is 1. The van der Waals surface area contributed by atoms with E-state index in [1.54, 1.807) is 14.2 Å². The van der Waals surface area contributed by atoms with E-state index in [0.29, 0.717) is 23.8 Å². The largest absolute Gasteiger partial charge is 0.493 e. The van der Waals surface area contributed by atoms with Crippen LogP contribution in [0.25, 0.3) is 0 Å². The van der Waals surface area contributed by atoms with Crippen LogP contribution in [0, 0.1) is 29.6 Å². The zero-order valence-corrected chi connectivity index (χ0v) is 25.5. The number of allylic oxidation sites excluding steroid dienone is 3. The van der Waals surface area contributed by atoms with Crippen LogP contribution >= 0.6 is 0 Å². The van der Waals surface area contributed by atoms with Gasteiger partial charge in [-0.15, -0.1) is 0 Å². The third kappa shape index (κ3) is 7.12. The molecular weight excluding hydrogens is 502 g/mol. The molecule has 1 saturated heterocycles. The van der Waals surface area contributed by atoms with Crippen molar-refractivity contribution >= 4 is 5.97 Å². The van der Waals surface area contributed by atoms with Crippen molar-refractivity contribution in [1.29, 1.82) is 0 Å². The molecule has 6 nitrogen and oxygen atoms in total. The molecule has 1 unspecified atom stereocenters. The fourth-order valence-electron chi connectivity index (χ4n) is 7.27. The van der Waals surface area contributed by atoms with Crippen molar-refractivity contribution in [3.63, 3.8) is 0 Å². The van der Waals surface area contributed by atoms with Crippen molar-refractivity contribution < 1.29 is 24.1 Å². The van der Waals surface area contributed by atoms with Gasteiger partial charge in [-0.3, -0.25) is 9.69 Å². The number of ether oxygens (including phenoxy) is 3. The SMILES string of the molecule is CCC(CC)C(=O)O[C@H]1C[C@@H](C)C=C2C=C[C@H](C)[C@H](CC[C@H]3C[C@@H](O)CCN3Cc3ccc(OC)c(OC)c3)C21. The van der Waals surface area contributed by atoms with Gasteiger partial charge < -0.3 is 19.3 Å². The summed E-state index contributed by atoms with van der Waals surface area (Å²) in [5.41, 5.74) is 2.53. The van der Waals surface area contributed by atoms with Gasteiger partial charge in [0.1, 0.15) is 6.10 Å². The molecule has 1 aliphatic heterocycles. The van der Waals surface area contributed by atoms with Gasteiger partial charge in [0.05, 0.1) is 26.2 Å². The van der Waals surface area contributed by atoms with Crippen molar-refractivity contribution in [2.75, 3.05) is 20.8 Å². The molecule has 2 aliphatic carbocycles. The predicted octanol–water partition coefficient (Wildman–Crippen LogP) is 6.56. The van der Waals surface area contributed by atoms with Gasteiger partial charge in [-0.05, 0) is 86.0 Å². The smallest absolute Gasteiger partial charge is 0.309 e. The van der Waals surface area contributed by atoms with Crippen molar-refractivity contribution in [3.05, 3.63) is 47.6 Å². The number of hydrogen-bond acceptors (Lipinski definition) is 6. The number of likely N-dealkylation sites (tertiary alicyclic amines) is 1. The number of piperidine rings is 1. The summed E-state index contributed by atoms with van der Waals surface area (Å²) < 4.78 is 17.3. The van der Waals surface area contributed by atoms with E-state index >= 15 is 0 Å². The van der Waals surface area contributed by atoms with Crippen molar-refractivity contribution in [2.45, 2.75) is 97.4 Å².